The average Bonchev–Trinajstić information content (AvgIpc) is 2.70. The first-order valence-electron chi connectivity index (χ1n) is 30.2. The van der Waals surface area contributed by atoms with Crippen LogP contribution in [0.2, 0.25) is 0 Å². The van der Waals surface area contributed by atoms with E-state index in [0.717, 1.165) is 44.0 Å². The van der Waals surface area contributed by atoms with Crippen LogP contribution in [0, 0.1) is 0 Å². The second-order valence-electron chi connectivity index (χ2n) is 24.1. The molecule has 18 rings (SSSR count). The van der Waals surface area contributed by atoms with Crippen molar-refractivity contribution in [3.8, 4) is 33.4 Å². The van der Waals surface area contributed by atoms with Crippen molar-refractivity contribution in [3.05, 3.63) is 284 Å². The van der Waals surface area contributed by atoms with Gasteiger partial charge in [-0.15, -0.1) is 0 Å². The van der Waals surface area contributed by atoms with E-state index >= 15 is 0 Å². The molecule has 88 heavy (non-hydrogen) atoms. The third kappa shape index (κ3) is 8.88. The quantitative estimate of drug-likeness (QED) is 0.130. The van der Waals surface area contributed by atoms with Crippen molar-refractivity contribution < 1.29 is 18.1 Å². The van der Waals surface area contributed by atoms with Crippen molar-refractivity contribution in [1.29, 1.82) is 0 Å². The van der Waals surface area contributed by atoms with E-state index in [1.165, 1.54) is 119 Å². The van der Waals surface area contributed by atoms with E-state index in [-0.39, 0.29) is 18.3 Å². The summed E-state index contributed by atoms with van der Waals surface area (Å²) in [6, 6.07) is 99.1. The maximum atomic E-state index is 6.30. The van der Waals surface area contributed by atoms with E-state index in [2.05, 4.69) is 304 Å². The van der Waals surface area contributed by atoms with Crippen LogP contribution in [0.25, 0.3) is 153 Å². The highest BCUT2D eigenvalue weighted by Crippen LogP contribution is 2.47. The highest BCUT2D eigenvalue weighted by molar-refractivity contribution is 9.10. The summed E-state index contributed by atoms with van der Waals surface area (Å²) in [5.74, 6) is 0. The van der Waals surface area contributed by atoms with Gasteiger partial charge in [0, 0.05) is 26.0 Å². The van der Waals surface area contributed by atoms with E-state index in [1.54, 1.807) is 0 Å². The fraction of sp³-hybridized carbons (Fsp3) is 0.0732. The van der Waals surface area contributed by atoms with Crippen molar-refractivity contribution in [2.45, 2.75) is 38.9 Å². The maximum absolute atomic E-state index is 6.30. The zero-order valence-electron chi connectivity index (χ0n) is 49.1. The third-order valence-corrected chi connectivity index (χ3v) is 19.3. The average molecular weight is 1200 g/mol. The van der Waals surface area contributed by atoms with Crippen molar-refractivity contribution in [1.82, 2.24) is 0 Å². The Labute approximate surface area is 518 Å². The molecule has 1 aliphatic rings. The number of furan rings is 2. The van der Waals surface area contributed by atoms with Crippen molar-refractivity contribution in [2.75, 3.05) is 0 Å². The van der Waals surface area contributed by atoms with E-state index in [0.29, 0.717) is 0 Å². The monoisotopic (exact) mass is 1200 g/mol. The fourth-order valence-corrected chi connectivity index (χ4v) is 14.2. The summed E-state index contributed by atoms with van der Waals surface area (Å²) in [5, 5.41) is 22.2. The molecule has 0 atom stereocenters. The number of benzene rings is 15. The third-order valence-electron chi connectivity index (χ3n) is 18.5. The summed E-state index contributed by atoms with van der Waals surface area (Å²) in [4.78, 5) is 0. The molecule has 0 N–H and O–H groups in total. The first-order chi connectivity index (χ1) is 43.1. The molecule has 0 amide bonds. The zero-order valence-corrected chi connectivity index (χ0v) is 50.7. The molecule has 3 heterocycles. The lowest BCUT2D eigenvalue weighted by atomic mass is 9.78. The molecule has 1 fully saturated rings. The summed E-state index contributed by atoms with van der Waals surface area (Å²) in [5.41, 5.74) is 11.6. The van der Waals surface area contributed by atoms with Crippen LogP contribution in [0.4, 0.5) is 0 Å². The van der Waals surface area contributed by atoms with Crippen LogP contribution in [-0.4, -0.2) is 18.3 Å². The van der Waals surface area contributed by atoms with Crippen molar-refractivity contribution >= 4 is 148 Å². The van der Waals surface area contributed by atoms with E-state index in [1.807, 2.05) is 18.2 Å². The van der Waals surface area contributed by atoms with Gasteiger partial charge in [-0.3, -0.25) is 0 Å². The summed E-state index contributed by atoms with van der Waals surface area (Å²) >= 11 is 3.84. The first-order valence-corrected chi connectivity index (χ1v) is 31.0. The maximum Gasteiger partial charge on any atom is 0.494 e. The number of hydrogen-bond acceptors (Lipinski definition) is 4. The number of hydrogen-bond donors (Lipinski definition) is 0. The lowest BCUT2D eigenvalue weighted by molar-refractivity contribution is 0.00578. The van der Waals surface area contributed by atoms with Crippen LogP contribution in [0.1, 0.15) is 27.7 Å². The molecular weight excluding hydrogens is 1140 g/mol. The Hall–Kier alpha value is -9.82. The minimum atomic E-state index is -0.371. The van der Waals surface area contributed by atoms with Gasteiger partial charge in [0.15, 0.2) is 0 Å². The Morgan fingerprint density at radius 3 is 1.17 bits per heavy atom. The van der Waals surface area contributed by atoms with Gasteiger partial charge in [-0.25, -0.2) is 0 Å². The molecule has 420 valence electrons. The second kappa shape index (κ2) is 21.3. The Morgan fingerprint density at radius 1 is 0.284 bits per heavy atom. The molecule has 0 aliphatic carbocycles. The molecule has 0 radical (unpaired) electrons. The van der Waals surface area contributed by atoms with Crippen molar-refractivity contribution in [3.63, 3.8) is 0 Å². The minimum Gasteiger partial charge on any atom is -0.456 e. The summed E-state index contributed by atoms with van der Waals surface area (Å²) < 4.78 is 26.0. The normalized spacial score (nSPS) is 13.8. The topological polar surface area (TPSA) is 44.7 Å². The molecule has 2 aromatic heterocycles. The summed E-state index contributed by atoms with van der Waals surface area (Å²) in [6.07, 6.45) is 0. The van der Waals surface area contributed by atoms with Gasteiger partial charge in [-0.05, 0) is 188 Å². The lowest BCUT2D eigenvalue weighted by Gasteiger charge is -2.32. The van der Waals surface area contributed by atoms with E-state index < -0.39 is 0 Å². The Kier molecular flexibility index (Phi) is 13.0. The Bertz CT molecular complexity index is 5490. The predicted octanol–water partition coefficient (Wildman–Crippen LogP) is 23.0. The van der Waals surface area contributed by atoms with Crippen LogP contribution < -0.4 is 5.46 Å². The SMILES string of the molecule is Brc1c2ccccc2c(-c2cccc3ccccc23)c2ccccc12.CC1(C)OB(c2ccc3oc4ccc5ccccc5c4c3c2)OC1(C)C.c1ccc(-c2c3ccccc3c(-c3ccc4oc5ccc6ccccc6c5c4c3)c3ccccc23)cc1. The first kappa shape index (κ1) is 53.6. The molecule has 0 bridgehead atoms. The van der Waals surface area contributed by atoms with E-state index in [9.17, 15) is 0 Å². The molecule has 4 nitrogen and oxygen atoms in total. The van der Waals surface area contributed by atoms with Crippen LogP contribution in [0.15, 0.2) is 292 Å². The molecular formula is C82H58BBrO4. The van der Waals surface area contributed by atoms with Crippen LogP contribution in [-0.2, 0) is 9.31 Å². The highest BCUT2D eigenvalue weighted by atomic mass is 79.9. The standard InChI is InChI=1S/C36H22O.C24H15Br.C22H21BO3/c1-2-11-24(12-3-1)34-27-14-6-8-16-29(27)35(30-17-9-7-15-28(30)34)25-19-20-32-31(22-25)36-26-13-5-4-10-23(26)18-21-33(36)37-32;25-24-21-13-5-3-11-19(21)23(20-12-4-6-14-22(20)24)18-15-7-9-16-8-1-2-10-17(16)18;1-21(2)22(3,4)26-23(25-21)15-10-12-18-17(13-15)20-16-8-6-5-7-14(16)9-11-19(20)24-18/h1-22H;1-15H;5-13H,1-4H3. The second-order valence-corrected chi connectivity index (χ2v) is 24.9. The molecule has 1 aliphatic heterocycles. The number of rotatable bonds is 4. The van der Waals surface area contributed by atoms with Crippen LogP contribution >= 0.6 is 15.9 Å². The molecule has 1 saturated heterocycles. The molecule has 6 heteroatoms. The van der Waals surface area contributed by atoms with Gasteiger partial charge in [-0.1, -0.05) is 249 Å². The minimum absolute atomic E-state index is 0.349. The fourth-order valence-electron chi connectivity index (χ4n) is 13.6. The van der Waals surface area contributed by atoms with Gasteiger partial charge < -0.3 is 18.1 Å². The largest absolute Gasteiger partial charge is 0.494 e. The molecule has 0 saturated carbocycles. The molecule has 0 unspecified atom stereocenters. The summed E-state index contributed by atoms with van der Waals surface area (Å²) in [6.45, 7) is 8.30. The highest BCUT2D eigenvalue weighted by Gasteiger charge is 2.51. The van der Waals surface area contributed by atoms with Gasteiger partial charge in [-0.2, -0.15) is 0 Å². The molecule has 0 spiro atoms. The van der Waals surface area contributed by atoms with Gasteiger partial charge in [0.05, 0.1) is 11.2 Å². The van der Waals surface area contributed by atoms with E-state index in [4.69, 9.17) is 18.1 Å². The van der Waals surface area contributed by atoms with Crippen LogP contribution in [0.3, 0.4) is 0 Å². The van der Waals surface area contributed by atoms with Gasteiger partial charge in [0.1, 0.15) is 22.3 Å². The van der Waals surface area contributed by atoms with Crippen molar-refractivity contribution in [2.24, 2.45) is 0 Å². The lowest BCUT2D eigenvalue weighted by Crippen LogP contribution is -2.41. The van der Waals surface area contributed by atoms with Gasteiger partial charge in [0.25, 0.3) is 0 Å². The van der Waals surface area contributed by atoms with Crippen LogP contribution in [0.5, 0.6) is 0 Å². The van der Waals surface area contributed by atoms with Gasteiger partial charge >= 0.3 is 7.12 Å². The smallest absolute Gasteiger partial charge is 0.456 e. The predicted molar refractivity (Wildman–Crippen MR) is 376 cm³/mol. The molecule has 17 aromatic rings. The number of fused-ring (bicyclic) bond motifs is 15. The number of halogens is 1. The summed E-state index contributed by atoms with van der Waals surface area (Å²) in [7, 11) is -0.371. The zero-order chi connectivity index (χ0) is 59.3. The Morgan fingerprint density at radius 2 is 0.659 bits per heavy atom. The van der Waals surface area contributed by atoms with Gasteiger partial charge in [0.2, 0.25) is 0 Å². The Balaban J connectivity index is 0.000000109. The molecule has 15 aromatic carbocycles.